The molecule has 2 N–H and O–H groups in total. The highest BCUT2D eigenvalue weighted by molar-refractivity contribution is 5.99. The van der Waals surface area contributed by atoms with E-state index in [1.807, 2.05) is 32.1 Å². The summed E-state index contributed by atoms with van der Waals surface area (Å²) in [6, 6.07) is 10.5. The fourth-order valence-corrected chi connectivity index (χ4v) is 4.48. The molecule has 0 bridgehead atoms. The van der Waals surface area contributed by atoms with Gasteiger partial charge in [-0.1, -0.05) is 12.1 Å². The van der Waals surface area contributed by atoms with Crippen molar-refractivity contribution in [3.8, 4) is 17.0 Å². The number of carbonyl (C=O) groups excluding carboxylic acids is 1. The summed E-state index contributed by atoms with van der Waals surface area (Å²) in [6.45, 7) is 2.93. The average molecular weight is 556 g/mol. The number of anilines is 4. The zero-order valence-electron chi connectivity index (χ0n) is 23.2. The molecule has 2 heterocycles. The molecule has 0 saturated heterocycles. The van der Waals surface area contributed by atoms with Crippen molar-refractivity contribution in [2.75, 3.05) is 56.9 Å². The number of hydrogen-bond acceptors (Lipinski definition) is 7. The number of methoxy groups -OCH3 is 1. The first-order valence-electron chi connectivity index (χ1n) is 12.5. The SMILES string of the molecule is COc1cccc2c(-c3nc(Nc4ccc(N(C)CCN(C)C)c(NC(C)=O)c4)ncc3C(F)(F)F)cn(C)c12. The first-order valence-corrected chi connectivity index (χ1v) is 12.5. The molecule has 0 radical (unpaired) electrons. The molecule has 9 nitrogen and oxygen atoms in total. The van der Waals surface area contributed by atoms with Gasteiger partial charge < -0.3 is 29.7 Å². The monoisotopic (exact) mass is 555 g/mol. The number of nitrogens with one attached hydrogen (secondary N) is 2. The van der Waals surface area contributed by atoms with Crippen molar-refractivity contribution >= 4 is 39.8 Å². The average Bonchev–Trinajstić information content (AvgIpc) is 3.23. The summed E-state index contributed by atoms with van der Waals surface area (Å²) in [7, 11) is 9.12. The number of ether oxygens (including phenoxy) is 1. The first kappa shape index (κ1) is 28.7. The van der Waals surface area contributed by atoms with Crippen molar-refractivity contribution in [2.24, 2.45) is 7.05 Å². The number of carbonyl (C=O) groups is 1. The smallest absolute Gasteiger partial charge is 0.419 e. The summed E-state index contributed by atoms with van der Waals surface area (Å²) in [6.07, 6.45) is -2.30. The van der Waals surface area contributed by atoms with Crippen LogP contribution < -0.4 is 20.3 Å². The quantitative estimate of drug-likeness (QED) is 0.287. The molecule has 0 aliphatic carbocycles. The topological polar surface area (TPSA) is 87.6 Å². The Morgan fingerprint density at radius 3 is 2.52 bits per heavy atom. The normalized spacial score (nSPS) is 11.7. The van der Waals surface area contributed by atoms with Gasteiger partial charge in [0.05, 0.1) is 29.7 Å². The second kappa shape index (κ2) is 11.4. The van der Waals surface area contributed by atoms with Gasteiger partial charge >= 0.3 is 6.18 Å². The maximum atomic E-state index is 14.1. The van der Waals surface area contributed by atoms with Crippen LogP contribution in [0.1, 0.15) is 12.5 Å². The molecule has 0 aliphatic heterocycles. The number of aryl methyl sites for hydroxylation is 1. The number of fused-ring (bicyclic) bond motifs is 1. The molecule has 0 saturated carbocycles. The van der Waals surface area contributed by atoms with Crippen molar-refractivity contribution in [1.82, 2.24) is 19.4 Å². The maximum absolute atomic E-state index is 14.1. The molecule has 0 spiro atoms. The van der Waals surface area contributed by atoms with Crippen LogP contribution in [0.4, 0.5) is 36.2 Å². The Morgan fingerprint density at radius 2 is 1.88 bits per heavy atom. The van der Waals surface area contributed by atoms with Crippen LogP contribution in [0, 0.1) is 0 Å². The molecular weight excluding hydrogens is 523 g/mol. The molecule has 4 rings (SSSR count). The number of benzene rings is 2. The standard InChI is InChI=1S/C28H32F3N7O2/c1-17(39)33-22-14-18(10-11-23(22)37(4)13-12-36(2)3)34-27-32-15-21(28(29,30)31)25(35-27)20-16-38(5)26-19(20)8-7-9-24(26)40-6/h7-11,14-16H,12-13H2,1-6H3,(H,33,39)(H,32,34,35). The third-order valence-electron chi connectivity index (χ3n) is 6.39. The minimum atomic E-state index is -4.67. The van der Waals surface area contributed by atoms with Crippen LogP contribution in [0.2, 0.25) is 0 Å². The number of nitrogens with zero attached hydrogens (tertiary/aromatic N) is 5. The number of rotatable bonds is 9. The Bertz CT molecular complexity index is 1530. The zero-order chi connectivity index (χ0) is 29.2. The number of halogens is 3. The second-order valence-corrected chi connectivity index (χ2v) is 9.73. The van der Waals surface area contributed by atoms with E-state index < -0.39 is 11.7 Å². The van der Waals surface area contributed by atoms with Crippen molar-refractivity contribution in [3.63, 3.8) is 0 Å². The fourth-order valence-electron chi connectivity index (χ4n) is 4.48. The van der Waals surface area contributed by atoms with Crippen LogP contribution in [-0.4, -0.2) is 66.7 Å². The van der Waals surface area contributed by atoms with E-state index in [1.165, 1.54) is 14.0 Å². The summed E-state index contributed by atoms with van der Waals surface area (Å²) in [5.74, 6) is 0.262. The molecule has 0 fully saturated rings. The third-order valence-corrected chi connectivity index (χ3v) is 6.39. The highest BCUT2D eigenvalue weighted by atomic mass is 19.4. The summed E-state index contributed by atoms with van der Waals surface area (Å²) >= 11 is 0. The molecular formula is C28H32F3N7O2. The minimum Gasteiger partial charge on any atom is -0.495 e. The van der Waals surface area contributed by atoms with Gasteiger partial charge in [0.2, 0.25) is 11.9 Å². The minimum absolute atomic E-state index is 0.0228. The molecule has 4 aromatic rings. The van der Waals surface area contributed by atoms with Gasteiger partial charge in [0, 0.05) is 63.1 Å². The van der Waals surface area contributed by atoms with E-state index in [-0.39, 0.29) is 17.5 Å². The van der Waals surface area contributed by atoms with Crippen LogP contribution in [0.15, 0.2) is 48.8 Å². The van der Waals surface area contributed by atoms with E-state index in [0.717, 1.165) is 18.4 Å². The molecule has 0 unspecified atom stereocenters. The van der Waals surface area contributed by atoms with Crippen molar-refractivity contribution in [2.45, 2.75) is 13.1 Å². The highest BCUT2D eigenvalue weighted by Crippen LogP contribution is 2.41. The molecule has 2 aromatic carbocycles. The third kappa shape index (κ3) is 6.12. The molecule has 40 heavy (non-hydrogen) atoms. The summed E-state index contributed by atoms with van der Waals surface area (Å²) < 4.78 is 49.4. The number of para-hydroxylation sites is 1. The largest absolute Gasteiger partial charge is 0.495 e. The van der Waals surface area contributed by atoms with Crippen molar-refractivity contribution < 1.29 is 22.7 Å². The number of aromatic nitrogens is 3. The molecule has 1 amide bonds. The number of alkyl halides is 3. The van der Waals surface area contributed by atoms with E-state index in [0.29, 0.717) is 40.1 Å². The summed E-state index contributed by atoms with van der Waals surface area (Å²) in [5.41, 5.74) is 1.57. The predicted molar refractivity (Wildman–Crippen MR) is 151 cm³/mol. The predicted octanol–water partition coefficient (Wildman–Crippen LogP) is 5.36. The number of hydrogen-bond donors (Lipinski definition) is 2. The van der Waals surface area contributed by atoms with Gasteiger partial charge in [-0.05, 0) is 38.4 Å². The van der Waals surface area contributed by atoms with Gasteiger partial charge in [0.15, 0.2) is 0 Å². The van der Waals surface area contributed by atoms with Crippen LogP contribution in [-0.2, 0) is 18.0 Å². The van der Waals surface area contributed by atoms with E-state index in [1.54, 1.807) is 48.1 Å². The lowest BCUT2D eigenvalue weighted by atomic mass is 10.1. The number of likely N-dealkylation sites (N-methyl/N-ethyl adjacent to an activating group) is 2. The van der Waals surface area contributed by atoms with E-state index in [9.17, 15) is 18.0 Å². The van der Waals surface area contributed by atoms with Gasteiger partial charge in [-0.25, -0.2) is 9.97 Å². The summed E-state index contributed by atoms with van der Waals surface area (Å²) in [5, 5.41) is 6.40. The van der Waals surface area contributed by atoms with Crippen LogP contribution in [0.25, 0.3) is 22.2 Å². The zero-order valence-corrected chi connectivity index (χ0v) is 23.2. The highest BCUT2D eigenvalue weighted by Gasteiger charge is 2.36. The Hall–Kier alpha value is -4.32. The van der Waals surface area contributed by atoms with Gasteiger partial charge in [-0.15, -0.1) is 0 Å². The fraction of sp³-hybridized carbons (Fsp3) is 0.321. The maximum Gasteiger partial charge on any atom is 0.419 e. The Morgan fingerprint density at radius 1 is 1.12 bits per heavy atom. The molecule has 0 atom stereocenters. The lowest BCUT2D eigenvalue weighted by Gasteiger charge is -2.24. The van der Waals surface area contributed by atoms with Gasteiger partial charge in [0.1, 0.15) is 11.3 Å². The molecule has 12 heteroatoms. The van der Waals surface area contributed by atoms with E-state index in [2.05, 4.69) is 25.5 Å². The summed E-state index contributed by atoms with van der Waals surface area (Å²) in [4.78, 5) is 24.3. The Kier molecular flexibility index (Phi) is 8.19. The first-order chi connectivity index (χ1) is 18.9. The van der Waals surface area contributed by atoms with E-state index in [4.69, 9.17) is 4.74 Å². The van der Waals surface area contributed by atoms with Crippen LogP contribution in [0.3, 0.4) is 0 Å². The molecule has 212 valence electrons. The lowest BCUT2D eigenvalue weighted by Crippen LogP contribution is -2.29. The van der Waals surface area contributed by atoms with Crippen molar-refractivity contribution in [1.29, 1.82) is 0 Å². The Labute approximate surface area is 230 Å². The van der Waals surface area contributed by atoms with E-state index >= 15 is 0 Å². The van der Waals surface area contributed by atoms with Gasteiger partial charge in [0.25, 0.3) is 0 Å². The van der Waals surface area contributed by atoms with Gasteiger partial charge in [-0.2, -0.15) is 13.2 Å². The van der Waals surface area contributed by atoms with Crippen molar-refractivity contribution in [3.05, 3.63) is 54.4 Å². The van der Waals surface area contributed by atoms with Crippen LogP contribution >= 0.6 is 0 Å². The van der Waals surface area contributed by atoms with Gasteiger partial charge in [-0.3, -0.25) is 4.79 Å². The van der Waals surface area contributed by atoms with Crippen LogP contribution in [0.5, 0.6) is 5.75 Å². The number of amides is 1. The Balaban J connectivity index is 1.76. The lowest BCUT2D eigenvalue weighted by molar-refractivity contribution is -0.137. The molecule has 0 aliphatic rings. The molecule has 2 aromatic heterocycles. The second-order valence-electron chi connectivity index (χ2n) is 9.73.